The van der Waals surface area contributed by atoms with Crippen molar-refractivity contribution in [3.8, 4) is 5.75 Å². The molecule has 1 fully saturated rings. The first kappa shape index (κ1) is 20.8. The van der Waals surface area contributed by atoms with Gasteiger partial charge >= 0.3 is 0 Å². The molecule has 1 aliphatic heterocycles. The van der Waals surface area contributed by atoms with Gasteiger partial charge in [0.1, 0.15) is 5.75 Å². The minimum absolute atomic E-state index is 0.00629. The van der Waals surface area contributed by atoms with E-state index in [4.69, 9.17) is 9.47 Å². The summed E-state index contributed by atoms with van der Waals surface area (Å²) in [5.41, 5.74) is 0.868. The van der Waals surface area contributed by atoms with Gasteiger partial charge in [0.05, 0.1) is 31.2 Å². The Morgan fingerprint density at radius 3 is 2.45 bits per heavy atom. The summed E-state index contributed by atoms with van der Waals surface area (Å²) < 4.78 is 11.0. The van der Waals surface area contributed by atoms with Crippen LogP contribution < -0.4 is 9.64 Å². The lowest BCUT2D eigenvalue weighted by molar-refractivity contribution is -0.384. The number of para-hydroxylation sites is 1. The van der Waals surface area contributed by atoms with Gasteiger partial charge in [0.15, 0.2) is 0 Å². The minimum atomic E-state index is -0.459. The van der Waals surface area contributed by atoms with Gasteiger partial charge in [0.25, 0.3) is 5.69 Å². The fourth-order valence-corrected chi connectivity index (χ4v) is 3.13. The summed E-state index contributed by atoms with van der Waals surface area (Å²) in [5.74, 6) is 0.481. The van der Waals surface area contributed by atoms with Crippen molar-refractivity contribution < 1.29 is 19.2 Å². The van der Waals surface area contributed by atoms with Gasteiger partial charge in [-0.1, -0.05) is 18.2 Å². The van der Waals surface area contributed by atoms with Gasteiger partial charge in [-0.3, -0.25) is 19.8 Å². The van der Waals surface area contributed by atoms with E-state index in [2.05, 4.69) is 4.90 Å². The molecule has 1 aliphatic rings. The molecule has 2 aromatic carbocycles. The van der Waals surface area contributed by atoms with E-state index >= 15 is 0 Å². The highest BCUT2D eigenvalue weighted by atomic mass is 16.6. The normalized spacial score (nSPS) is 14.3. The zero-order valence-corrected chi connectivity index (χ0v) is 16.2. The lowest BCUT2D eigenvalue weighted by atomic mass is 10.2. The van der Waals surface area contributed by atoms with Crippen molar-refractivity contribution in [3.63, 3.8) is 0 Å². The quantitative estimate of drug-likeness (QED) is 0.476. The molecule has 0 atom stereocenters. The van der Waals surface area contributed by atoms with Gasteiger partial charge in [-0.05, 0) is 24.3 Å². The second-order valence-electron chi connectivity index (χ2n) is 6.68. The Bertz CT molecular complexity index is 792. The molecule has 3 rings (SSSR count). The summed E-state index contributed by atoms with van der Waals surface area (Å²) in [5, 5.41) is 10.7. The number of hydrogen-bond donors (Lipinski definition) is 0. The molecule has 0 aromatic heterocycles. The number of nitro groups is 1. The number of anilines is 1. The molecule has 2 aromatic rings. The van der Waals surface area contributed by atoms with Crippen LogP contribution in [-0.2, 0) is 9.53 Å². The Hall–Kier alpha value is -2.97. The average Bonchev–Trinajstić information content (AvgIpc) is 2.76. The molecule has 0 N–H and O–H groups in total. The number of ether oxygens (including phenoxy) is 2. The highest BCUT2D eigenvalue weighted by Crippen LogP contribution is 2.18. The average molecular weight is 399 g/mol. The second-order valence-corrected chi connectivity index (χ2v) is 6.68. The smallest absolute Gasteiger partial charge is 0.269 e. The van der Waals surface area contributed by atoms with Crippen LogP contribution in [0.25, 0.3) is 0 Å². The number of carbonyl (C=O) groups is 1. The topological polar surface area (TPSA) is 85.1 Å². The van der Waals surface area contributed by atoms with Crippen molar-refractivity contribution in [2.45, 2.75) is 6.42 Å². The van der Waals surface area contributed by atoms with E-state index in [0.29, 0.717) is 12.3 Å². The second kappa shape index (κ2) is 10.5. The number of rotatable bonds is 9. The lowest BCUT2D eigenvalue weighted by Crippen LogP contribution is -2.43. The van der Waals surface area contributed by atoms with Crippen LogP contribution in [0.5, 0.6) is 5.75 Å². The molecule has 0 spiro atoms. The van der Waals surface area contributed by atoms with Crippen LogP contribution >= 0.6 is 0 Å². The third-order valence-electron chi connectivity index (χ3n) is 4.74. The van der Waals surface area contributed by atoms with E-state index in [1.54, 1.807) is 4.90 Å². The van der Waals surface area contributed by atoms with E-state index in [-0.39, 0.29) is 24.6 Å². The maximum absolute atomic E-state index is 12.9. The van der Waals surface area contributed by atoms with Crippen molar-refractivity contribution in [2.24, 2.45) is 0 Å². The molecule has 1 saturated heterocycles. The van der Waals surface area contributed by atoms with Crippen molar-refractivity contribution >= 4 is 17.3 Å². The van der Waals surface area contributed by atoms with Gasteiger partial charge < -0.3 is 14.4 Å². The van der Waals surface area contributed by atoms with E-state index in [1.807, 2.05) is 30.3 Å². The molecule has 154 valence electrons. The van der Waals surface area contributed by atoms with Crippen LogP contribution in [0.3, 0.4) is 0 Å². The third-order valence-corrected chi connectivity index (χ3v) is 4.74. The number of morpholine rings is 1. The minimum Gasteiger partial charge on any atom is -0.493 e. The molecule has 8 heteroatoms. The number of carbonyl (C=O) groups excluding carboxylic acids is 1. The molecule has 0 bridgehead atoms. The molecular weight excluding hydrogens is 374 g/mol. The maximum atomic E-state index is 12.9. The molecule has 0 unspecified atom stereocenters. The number of amides is 1. The largest absolute Gasteiger partial charge is 0.493 e. The summed E-state index contributed by atoms with van der Waals surface area (Å²) in [4.78, 5) is 27.2. The predicted molar refractivity (Wildman–Crippen MR) is 109 cm³/mol. The van der Waals surface area contributed by atoms with Crippen molar-refractivity contribution in [3.05, 3.63) is 64.7 Å². The first-order valence-electron chi connectivity index (χ1n) is 9.66. The fraction of sp³-hybridized carbons (Fsp3) is 0.381. The van der Waals surface area contributed by atoms with Gasteiger partial charge in [-0.25, -0.2) is 0 Å². The summed E-state index contributed by atoms with van der Waals surface area (Å²) >= 11 is 0. The Morgan fingerprint density at radius 1 is 1.10 bits per heavy atom. The number of hydrogen-bond acceptors (Lipinski definition) is 6. The van der Waals surface area contributed by atoms with E-state index in [9.17, 15) is 14.9 Å². The third kappa shape index (κ3) is 6.27. The zero-order valence-electron chi connectivity index (χ0n) is 16.2. The summed E-state index contributed by atoms with van der Waals surface area (Å²) in [6, 6.07) is 15.4. The van der Waals surface area contributed by atoms with E-state index in [0.717, 1.165) is 38.5 Å². The number of benzene rings is 2. The van der Waals surface area contributed by atoms with Crippen LogP contribution in [0.15, 0.2) is 54.6 Å². The van der Waals surface area contributed by atoms with E-state index < -0.39 is 4.92 Å². The first-order valence-corrected chi connectivity index (χ1v) is 9.66. The van der Waals surface area contributed by atoms with Gasteiger partial charge in [0, 0.05) is 44.0 Å². The first-order chi connectivity index (χ1) is 14.1. The monoisotopic (exact) mass is 399 g/mol. The SMILES string of the molecule is O=C(CCOc1ccc([N+](=O)[O-])cc1)N(CCN1CCOCC1)c1ccccc1. The van der Waals surface area contributed by atoms with Crippen molar-refractivity contribution in [1.29, 1.82) is 0 Å². The Labute approximate surface area is 169 Å². The van der Waals surface area contributed by atoms with Crippen LogP contribution in [-0.4, -0.2) is 61.7 Å². The molecular formula is C21H25N3O5. The molecule has 0 saturated carbocycles. The molecule has 8 nitrogen and oxygen atoms in total. The van der Waals surface area contributed by atoms with Crippen molar-refractivity contribution in [2.75, 3.05) is 50.9 Å². The van der Waals surface area contributed by atoms with E-state index in [1.165, 1.54) is 24.3 Å². The Balaban J connectivity index is 1.55. The zero-order chi connectivity index (χ0) is 20.5. The van der Waals surface area contributed by atoms with Crippen LogP contribution in [0, 0.1) is 10.1 Å². The standard InChI is InChI=1S/C21H25N3O5/c25-21(10-15-29-20-8-6-19(7-9-20)24(26)27)23(18-4-2-1-3-5-18)12-11-22-13-16-28-17-14-22/h1-9H,10-17H2. The summed E-state index contributed by atoms with van der Waals surface area (Å²) in [6.07, 6.45) is 0.217. The Kier molecular flexibility index (Phi) is 7.54. The van der Waals surface area contributed by atoms with Crippen LogP contribution in [0.2, 0.25) is 0 Å². The predicted octanol–water partition coefficient (Wildman–Crippen LogP) is 2.73. The molecule has 29 heavy (non-hydrogen) atoms. The molecule has 0 radical (unpaired) electrons. The van der Waals surface area contributed by atoms with Gasteiger partial charge in [0.2, 0.25) is 5.91 Å². The highest BCUT2D eigenvalue weighted by Gasteiger charge is 2.18. The lowest BCUT2D eigenvalue weighted by Gasteiger charge is -2.30. The molecule has 0 aliphatic carbocycles. The number of nitro benzene ring substituents is 1. The number of non-ortho nitro benzene ring substituents is 1. The van der Waals surface area contributed by atoms with Crippen LogP contribution in [0.4, 0.5) is 11.4 Å². The highest BCUT2D eigenvalue weighted by molar-refractivity contribution is 5.93. The summed E-state index contributed by atoms with van der Waals surface area (Å²) in [7, 11) is 0. The van der Waals surface area contributed by atoms with Crippen molar-refractivity contribution in [1.82, 2.24) is 4.90 Å². The maximum Gasteiger partial charge on any atom is 0.269 e. The van der Waals surface area contributed by atoms with Crippen LogP contribution in [0.1, 0.15) is 6.42 Å². The van der Waals surface area contributed by atoms with Gasteiger partial charge in [-0.15, -0.1) is 0 Å². The summed E-state index contributed by atoms with van der Waals surface area (Å²) in [6.45, 7) is 4.79. The van der Waals surface area contributed by atoms with Gasteiger partial charge in [-0.2, -0.15) is 0 Å². The Morgan fingerprint density at radius 2 is 1.79 bits per heavy atom. The molecule has 1 amide bonds. The number of nitrogens with zero attached hydrogens (tertiary/aromatic N) is 3. The molecule has 1 heterocycles. The fourth-order valence-electron chi connectivity index (χ4n) is 3.13.